The van der Waals surface area contributed by atoms with Crippen LogP contribution in [0.15, 0.2) is 35.1 Å². The number of hydrogen-bond acceptors (Lipinski definition) is 3. The largest absolute Gasteiger partial charge is 0.453 e. The molecule has 1 aliphatic carbocycles. The van der Waals surface area contributed by atoms with Crippen molar-refractivity contribution in [2.75, 3.05) is 6.54 Å². The molecule has 0 saturated carbocycles. The Morgan fingerprint density at radius 3 is 3.15 bits per heavy atom. The third kappa shape index (κ3) is 2.48. The van der Waals surface area contributed by atoms with Crippen molar-refractivity contribution in [3.63, 3.8) is 0 Å². The first kappa shape index (κ1) is 13.7. The highest BCUT2D eigenvalue weighted by atomic mass is 35.5. The van der Waals surface area contributed by atoms with Gasteiger partial charge in [0.1, 0.15) is 0 Å². The summed E-state index contributed by atoms with van der Waals surface area (Å²) in [4.78, 5) is 4.60. The predicted octanol–water partition coefficient (Wildman–Crippen LogP) is 4.10. The summed E-state index contributed by atoms with van der Waals surface area (Å²) in [6.45, 7) is 3.13. The number of fused-ring (bicyclic) bond motifs is 1. The summed E-state index contributed by atoms with van der Waals surface area (Å²) in [7, 11) is 0. The van der Waals surface area contributed by atoms with Crippen molar-refractivity contribution >= 4 is 11.6 Å². The van der Waals surface area contributed by atoms with E-state index in [1.165, 1.54) is 11.3 Å². The number of nitrogens with zero attached hydrogens (tertiary/aromatic N) is 1. The molecular formula is C16H19ClN2O. The Balaban J connectivity index is 1.93. The first-order chi connectivity index (χ1) is 9.81. The van der Waals surface area contributed by atoms with Crippen molar-refractivity contribution in [1.29, 1.82) is 0 Å². The second-order valence-electron chi connectivity index (χ2n) is 5.27. The molecule has 0 aromatic carbocycles. The number of halogens is 1. The Morgan fingerprint density at radius 1 is 1.50 bits per heavy atom. The summed E-state index contributed by atoms with van der Waals surface area (Å²) in [5, 5.41) is 4.10. The normalized spacial score (nSPS) is 19.0. The molecule has 0 saturated heterocycles. The van der Waals surface area contributed by atoms with Crippen LogP contribution >= 0.6 is 11.6 Å². The zero-order valence-corrected chi connectivity index (χ0v) is 12.4. The van der Waals surface area contributed by atoms with Gasteiger partial charge in [0.2, 0.25) is 0 Å². The molecule has 20 heavy (non-hydrogen) atoms. The number of rotatable bonds is 5. The van der Waals surface area contributed by atoms with E-state index in [-0.39, 0.29) is 6.04 Å². The van der Waals surface area contributed by atoms with Crippen LogP contribution in [-0.2, 0) is 6.42 Å². The van der Waals surface area contributed by atoms with Gasteiger partial charge in [-0.25, -0.2) is 0 Å². The van der Waals surface area contributed by atoms with Crippen molar-refractivity contribution in [3.8, 4) is 0 Å². The van der Waals surface area contributed by atoms with E-state index in [0.29, 0.717) is 11.1 Å². The van der Waals surface area contributed by atoms with Gasteiger partial charge in [-0.1, -0.05) is 13.0 Å². The summed E-state index contributed by atoms with van der Waals surface area (Å²) >= 11 is 6.19. The molecule has 3 nitrogen and oxygen atoms in total. The summed E-state index contributed by atoms with van der Waals surface area (Å²) in [5.74, 6) is 0.368. The van der Waals surface area contributed by atoms with E-state index in [4.69, 9.17) is 16.0 Å². The van der Waals surface area contributed by atoms with Gasteiger partial charge < -0.3 is 9.73 Å². The Morgan fingerprint density at radius 2 is 2.40 bits per heavy atom. The summed E-state index contributed by atoms with van der Waals surface area (Å²) < 4.78 is 5.28. The van der Waals surface area contributed by atoms with Crippen molar-refractivity contribution in [2.24, 2.45) is 0 Å². The molecule has 3 rings (SSSR count). The minimum Gasteiger partial charge on any atom is -0.453 e. The van der Waals surface area contributed by atoms with Crippen molar-refractivity contribution < 1.29 is 4.42 Å². The van der Waals surface area contributed by atoms with Gasteiger partial charge in [0.15, 0.2) is 5.22 Å². The maximum atomic E-state index is 6.19. The fourth-order valence-electron chi connectivity index (χ4n) is 3.06. The van der Waals surface area contributed by atoms with Crippen LogP contribution in [0.1, 0.15) is 48.5 Å². The molecular weight excluding hydrogens is 272 g/mol. The lowest BCUT2D eigenvalue weighted by Crippen LogP contribution is -2.27. The number of furan rings is 1. The van der Waals surface area contributed by atoms with Gasteiger partial charge in [-0.05, 0) is 55.1 Å². The zero-order valence-electron chi connectivity index (χ0n) is 11.6. The van der Waals surface area contributed by atoms with E-state index in [9.17, 15) is 0 Å². The minimum atomic E-state index is 0.178. The highest BCUT2D eigenvalue weighted by Gasteiger charge is 2.33. The topological polar surface area (TPSA) is 38.1 Å². The molecule has 0 spiro atoms. The van der Waals surface area contributed by atoms with Gasteiger partial charge in [-0.3, -0.25) is 4.98 Å². The molecule has 2 aromatic heterocycles. The van der Waals surface area contributed by atoms with Crippen LogP contribution in [0.3, 0.4) is 0 Å². The lowest BCUT2D eigenvalue weighted by atomic mass is 9.92. The minimum absolute atomic E-state index is 0.178. The van der Waals surface area contributed by atoms with Gasteiger partial charge in [-0.2, -0.15) is 0 Å². The standard InChI is InChI=1S/C16H19ClN2O/c1-2-8-18-15(13-7-10-20-16(13)17)12-6-5-11-4-3-9-19-14(11)12/h3-4,7,9-10,12,15,18H,2,5-6,8H2,1H3. The maximum Gasteiger partial charge on any atom is 0.197 e. The number of aryl methyl sites for hydroxylation is 1. The van der Waals surface area contributed by atoms with E-state index in [1.54, 1.807) is 6.26 Å². The summed E-state index contributed by atoms with van der Waals surface area (Å²) in [5.41, 5.74) is 3.61. The Hall–Kier alpha value is -1.32. The molecule has 2 heterocycles. The molecule has 2 atom stereocenters. The molecule has 1 aliphatic rings. The first-order valence-electron chi connectivity index (χ1n) is 7.21. The average Bonchev–Trinajstić information content (AvgIpc) is 3.07. The second-order valence-corrected chi connectivity index (χ2v) is 5.62. The molecule has 4 heteroatoms. The van der Waals surface area contributed by atoms with Crippen molar-refractivity contribution in [1.82, 2.24) is 10.3 Å². The number of nitrogens with one attached hydrogen (secondary N) is 1. The zero-order chi connectivity index (χ0) is 13.9. The van der Waals surface area contributed by atoms with Gasteiger partial charge in [0.05, 0.1) is 6.26 Å². The Labute approximate surface area is 124 Å². The van der Waals surface area contributed by atoms with Crippen LogP contribution in [0, 0.1) is 0 Å². The fourth-order valence-corrected chi connectivity index (χ4v) is 3.30. The smallest absolute Gasteiger partial charge is 0.197 e. The quantitative estimate of drug-likeness (QED) is 0.901. The SMILES string of the molecule is CCCNC(c1ccoc1Cl)C1CCc2cccnc21. The monoisotopic (exact) mass is 290 g/mol. The number of aromatic nitrogens is 1. The van der Waals surface area contributed by atoms with Crippen LogP contribution in [0.2, 0.25) is 5.22 Å². The first-order valence-corrected chi connectivity index (χ1v) is 7.59. The molecule has 1 N–H and O–H groups in total. The average molecular weight is 291 g/mol. The second kappa shape index (κ2) is 5.98. The lowest BCUT2D eigenvalue weighted by Gasteiger charge is -2.24. The highest BCUT2D eigenvalue weighted by molar-refractivity contribution is 6.29. The van der Waals surface area contributed by atoms with E-state index in [0.717, 1.165) is 31.4 Å². The lowest BCUT2D eigenvalue weighted by molar-refractivity contribution is 0.432. The van der Waals surface area contributed by atoms with Crippen molar-refractivity contribution in [3.05, 3.63) is 52.7 Å². The van der Waals surface area contributed by atoms with E-state index >= 15 is 0 Å². The molecule has 0 fully saturated rings. The van der Waals surface area contributed by atoms with E-state index in [1.807, 2.05) is 18.3 Å². The number of pyridine rings is 1. The predicted molar refractivity (Wildman–Crippen MR) is 80.1 cm³/mol. The van der Waals surface area contributed by atoms with Gasteiger partial charge in [0.25, 0.3) is 0 Å². The Bertz CT molecular complexity index is 581. The molecule has 0 aliphatic heterocycles. The van der Waals surface area contributed by atoms with E-state index < -0.39 is 0 Å². The maximum absolute atomic E-state index is 6.19. The molecule has 0 bridgehead atoms. The molecule has 0 amide bonds. The van der Waals surface area contributed by atoms with E-state index in [2.05, 4.69) is 23.3 Å². The summed E-state index contributed by atoms with van der Waals surface area (Å²) in [6, 6.07) is 6.34. The van der Waals surface area contributed by atoms with Crippen LogP contribution in [0.5, 0.6) is 0 Å². The van der Waals surface area contributed by atoms with Gasteiger partial charge >= 0.3 is 0 Å². The van der Waals surface area contributed by atoms with Crippen LogP contribution < -0.4 is 5.32 Å². The highest BCUT2D eigenvalue weighted by Crippen LogP contribution is 2.42. The molecule has 2 unspecified atom stereocenters. The third-order valence-corrected chi connectivity index (χ3v) is 4.31. The van der Waals surface area contributed by atoms with Gasteiger partial charge in [0, 0.05) is 29.4 Å². The fraction of sp³-hybridized carbons (Fsp3) is 0.438. The van der Waals surface area contributed by atoms with Gasteiger partial charge in [-0.15, -0.1) is 0 Å². The summed E-state index contributed by atoms with van der Waals surface area (Å²) in [6.07, 6.45) is 6.83. The van der Waals surface area contributed by atoms with Crippen LogP contribution in [0.25, 0.3) is 0 Å². The Kier molecular flexibility index (Phi) is 4.08. The molecule has 2 aromatic rings. The molecule has 0 radical (unpaired) electrons. The van der Waals surface area contributed by atoms with Crippen LogP contribution in [-0.4, -0.2) is 11.5 Å². The molecule has 106 valence electrons. The van der Waals surface area contributed by atoms with Crippen LogP contribution in [0.4, 0.5) is 0 Å². The third-order valence-electron chi connectivity index (χ3n) is 4.00. The number of hydrogen-bond donors (Lipinski definition) is 1. The van der Waals surface area contributed by atoms with Crippen molar-refractivity contribution in [2.45, 2.75) is 38.1 Å².